The van der Waals surface area contributed by atoms with Gasteiger partial charge in [-0.05, 0) is 51.5 Å². The number of rotatable bonds is 7. The molecule has 1 atom stereocenters. The molecular formula is C24H26BrNO4S. The number of terminal acetylenes is 1. The fraction of sp³-hybridized carbons (Fsp3) is 0.292. The highest BCUT2D eigenvalue weighted by Gasteiger charge is 2.38. The van der Waals surface area contributed by atoms with Gasteiger partial charge in [0.1, 0.15) is 5.60 Å². The second-order valence-corrected chi connectivity index (χ2v) is 10.8. The van der Waals surface area contributed by atoms with E-state index in [4.69, 9.17) is 11.2 Å². The van der Waals surface area contributed by atoms with Crippen LogP contribution in [0.15, 0.2) is 70.1 Å². The van der Waals surface area contributed by atoms with Gasteiger partial charge < -0.3 is 4.74 Å². The maximum absolute atomic E-state index is 13.6. The lowest BCUT2D eigenvalue weighted by atomic mass is 9.99. The lowest BCUT2D eigenvalue weighted by Crippen LogP contribution is -2.39. The summed E-state index contributed by atoms with van der Waals surface area (Å²) in [5, 5.41) is 0. The van der Waals surface area contributed by atoms with Crippen molar-refractivity contribution >= 4 is 31.9 Å². The van der Waals surface area contributed by atoms with Gasteiger partial charge in [0.2, 0.25) is 10.0 Å². The number of carbonyl (C=O) groups excluding carboxylic acids is 1. The molecule has 0 saturated heterocycles. The third-order valence-corrected chi connectivity index (χ3v) is 6.90. The van der Waals surface area contributed by atoms with Crippen LogP contribution in [0.25, 0.3) is 0 Å². The predicted octanol–water partition coefficient (Wildman–Crippen LogP) is 5.02. The number of sulfonamides is 1. The first-order chi connectivity index (χ1) is 14.4. The van der Waals surface area contributed by atoms with Crippen molar-refractivity contribution in [3.05, 3.63) is 76.3 Å². The molecule has 0 aliphatic heterocycles. The van der Waals surface area contributed by atoms with Crippen LogP contribution >= 0.6 is 15.9 Å². The standard InChI is InChI=1S/C24H26BrNO4S/c1-7-16-26(31(28,29)19-14-12-17(2)13-15-19)22(20-10-8-9-11-21(20)25)18(3)23(27)30-24(4,5)6/h1,8-15,22H,3,16H2,2,4-6H3/t22-/m1/s1. The molecule has 0 unspecified atom stereocenters. The normalized spacial score (nSPS) is 12.8. The van der Waals surface area contributed by atoms with Gasteiger partial charge in [0, 0.05) is 4.47 Å². The highest BCUT2D eigenvalue weighted by molar-refractivity contribution is 9.10. The zero-order chi connectivity index (χ0) is 23.4. The molecular weight excluding hydrogens is 478 g/mol. The van der Waals surface area contributed by atoms with Crippen molar-refractivity contribution in [2.24, 2.45) is 0 Å². The fourth-order valence-corrected chi connectivity index (χ4v) is 4.93. The van der Waals surface area contributed by atoms with Gasteiger partial charge in [0.15, 0.2) is 0 Å². The molecule has 164 valence electrons. The maximum atomic E-state index is 13.6. The molecule has 0 aromatic heterocycles. The first kappa shape index (κ1) is 24.9. The monoisotopic (exact) mass is 503 g/mol. The van der Waals surface area contributed by atoms with E-state index >= 15 is 0 Å². The number of aryl methyl sites for hydroxylation is 1. The Kier molecular flexibility index (Phi) is 7.87. The molecule has 0 amide bonds. The summed E-state index contributed by atoms with van der Waals surface area (Å²) in [7, 11) is -4.06. The third kappa shape index (κ3) is 6.07. The van der Waals surface area contributed by atoms with E-state index in [1.807, 2.05) is 6.92 Å². The number of halogens is 1. The summed E-state index contributed by atoms with van der Waals surface area (Å²) in [5.74, 6) is 1.71. The van der Waals surface area contributed by atoms with Crippen LogP contribution in [-0.4, -0.2) is 30.8 Å². The van der Waals surface area contributed by atoms with Crippen molar-refractivity contribution in [2.45, 2.75) is 44.2 Å². The zero-order valence-electron chi connectivity index (χ0n) is 18.1. The van der Waals surface area contributed by atoms with Crippen LogP contribution in [0.1, 0.15) is 37.9 Å². The van der Waals surface area contributed by atoms with Gasteiger partial charge in [-0.2, -0.15) is 4.31 Å². The zero-order valence-corrected chi connectivity index (χ0v) is 20.5. The Hall–Kier alpha value is -2.40. The number of hydrogen-bond donors (Lipinski definition) is 0. The molecule has 0 heterocycles. The predicted molar refractivity (Wildman–Crippen MR) is 126 cm³/mol. The molecule has 2 rings (SSSR count). The highest BCUT2D eigenvalue weighted by atomic mass is 79.9. The first-order valence-corrected chi connectivity index (χ1v) is 11.8. The van der Waals surface area contributed by atoms with Crippen molar-refractivity contribution in [1.29, 1.82) is 0 Å². The van der Waals surface area contributed by atoms with E-state index in [0.717, 1.165) is 9.87 Å². The SMILES string of the molecule is C#CCN([C@H](C(=C)C(=O)OC(C)(C)C)c1ccccc1Br)S(=O)(=O)c1ccc(C)cc1. The maximum Gasteiger partial charge on any atom is 0.335 e. The van der Waals surface area contributed by atoms with E-state index in [-0.39, 0.29) is 17.0 Å². The molecule has 0 fully saturated rings. The summed E-state index contributed by atoms with van der Waals surface area (Å²) >= 11 is 3.46. The number of benzene rings is 2. The number of hydrogen-bond acceptors (Lipinski definition) is 4. The number of ether oxygens (including phenoxy) is 1. The van der Waals surface area contributed by atoms with Crippen molar-refractivity contribution in [3.8, 4) is 12.3 Å². The minimum atomic E-state index is -4.06. The minimum absolute atomic E-state index is 0.0345. The molecule has 0 bridgehead atoms. The molecule has 0 aliphatic rings. The quantitative estimate of drug-likeness (QED) is 0.302. The molecule has 2 aromatic carbocycles. The average Bonchev–Trinajstić information content (AvgIpc) is 2.67. The molecule has 0 N–H and O–H groups in total. The highest BCUT2D eigenvalue weighted by Crippen LogP contribution is 2.37. The van der Waals surface area contributed by atoms with E-state index in [2.05, 4.69) is 28.4 Å². The fourth-order valence-electron chi connectivity index (χ4n) is 2.92. The smallest absolute Gasteiger partial charge is 0.335 e. The first-order valence-electron chi connectivity index (χ1n) is 9.57. The van der Waals surface area contributed by atoms with E-state index in [1.165, 1.54) is 12.1 Å². The van der Waals surface area contributed by atoms with Crippen molar-refractivity contribution in [2.75, 3.05) is 6.54 Å². The second-order valence-electron chi connectivity index (χ2n) is 8.02. The van der Waals surface area contributed by atoms with Gasteiger partial charge in [0.25, 0.3) is 0 Å². The van der Waals surface area contributed by atoms with E-state index in [1.54, 1.807) is 57.2 Å². The molecule has 2 aromatic rings. The van der Waals surface area contributed by atoms with Gasteiger partial charge in [0.05, 0.1) is 23.1 Å². The Morgan fingerprint density at radius 1 is 1.19 bits per heavy atom. The van der Waals surface area contributed by atoms with Gasteiger partial charge in [-0.3, -0.25) is 0 Å². The number of carbonyl (C=O) groups is 1. The lowest BCUT2D eigenvalue weighted by Gasteiger charge is -2.32. The van der Waals surface area contributed by atoms with Crippen LogP contribution in [-0.2, 0) is 19.6 Å². The van der Waals surface area contributed by atoms with Crippen molar-refractivity contribution < 1.29 is 17.9 Å². The largest absolute Gasteiger partial charge is 0.457 e. The molecule has 0 aliphatic carbocycles. The Labute approximate surface area is 193 Å². The Morgan fingerprint density at radius 2 is 1.77 bits per heavy atom. The molecule has 7 heteroatoms. The van der Waals surface area contributed by atoms with Crippen LogP contribution in [0.3, 0.4) is 0 Å². The Morgan fingerprint density at radius 3 is 2.29 bits per heavy atom. The Balaban J connectivity index is 2.67. The minimum Gasteiger partial charge on any atom is -0.457 e. The van der Waals surface area contributed by atoms with Crippen LogP contribution in [0, 0.1) is 19.3 Å². The van der Waals surface area contributed by atoms with Gasteiger partial charge in [-0.15, -0.1) is 6.42 Å². The summed E-state index contributed by atoms with van der Waals surface area (Å²) in [6, 6.07) is 12.4. The topological polar surface area (TPSA) is 63.7 Å². The van der Waals surface area contributed by atoms with Crippen molar-refractivity contribution in [1.82, 2.24) is 4.31 Å². The second kappa shape index (κ2) is 9.82. The van der Waals surface area contributed by atoms with Crippen LogP contribution in [0.4, 0.5) is 0 Å². The van der Waals surface area contributed by atoms with E-state index in [9.17, 15) is 13.2 Å². The Bertz CT molecular complexity index is 1110. The molecule has 0 saturated carbocycles. The molecule has 31 heavy (non-hydrogen) atoms. The van der Waals surface area contributed by atoms with Crippen LogP contribution in [0.5, 0.6) is 0 Å². The van der Waals surface area contributed by atoms with E-state index in [0.29, 0.717) is 10.0 Å². The molecule has 0 spiro atoms. The van der Waals surface area contributed by atoms with E-state index < -0.39 is 27.6 Å². The number of nitrogens with zero attached hydrogens (tertiary/aromatic N) is 1. The average molecular weight is 504 g/mol. The van der Waals surface area contributed by atoms with Crippen molar-refractivity contribution in [3.63, 3.8) is 0 Å². The molecule has 5 nitrogen and oxygen atoms in total. The molecule has 0 radical (unpaired) electrons. The summed E-state index contributed by atoms with van der Waals surface area (Å²) in [6.07, 6.45) is 5.55. The third-order valence-electron chi connectivity index (χ3n) is 4.35. The van der Waals surface area contributed by atoms with Gasteiger partial charge in [-0.1, -0.05) is 64.3 Å². The van der Waals surface area contributed by atoms with Crippen LogP contribution in [0.2, 0.25) is 0 Å². The van der Waals surface area contributed by atoms with Crippen LogP contribution < -0.4 is 0 Å². The van der Waals surface area contributed by atoms with Gasteiger partial charge >= 0.3 is 5.97 Å². The summed E-state index contributed by atoms with van der Waals surface area (Å²) in [6.45, 7) is 10.7. The number of esters is 1. The lowest BCUT2D eigenvalue weighted by molar-refractivity contribution is -0.150. The summed E-state index contributed by atoms with van der Waals surface area (Å²) < 4.78 is 34.4. The van der Waals surface area contributed by atoms with Gasteiger partial charge in [-0.25, -0.2) is 13.2 Å². The summed E-state index contributed by atoms with van der Waals surface area (Å²) in [5.41, 5.74) is 0.644. The summed E-state index contributed by atoms with van der Waals surface area (Å²) in [4.78, 5) is 13.0.